The van der Waals surface area contributed by atoms with Crippen molar-refractivity contribution >= 4 is 17.6 Å². The van der Waals surface area contributed by atoms with Gasteiger partial charge in [0.05, 0.1) is 7.11 Å². The van der Waals surface area contributed by atoms with Crippen LogP contribution in [0.5, 0.6) is 0 Å². The average molecular weight is 228 g/mol. The first kappa shape index (κ1) is 12.0. The summed E-state index contributed by atoms with van der Waals surface area (Å²) in [5.74, 6) is -0.408. The van der Waals surface area contributed by atoms with E-state index in [1.165, 1.54) is 7.11 Å². The molecule has 1 aromatic carbocycles. The van der Waals surface area contributed by atoms with E-state index in [4.69, 9.17) is 17.3 Å². The fourth-order valence-corrected chi connectivity index (χ4v) is 1.53. The van der Waals surface area contributed by atoms with Crippen molar-refractivity contribution in [2.24, 2.45) is 5.73 Å². The number of hydrogen-bond donors (Lipinski definition) is 1. The second kappa shape index (κ2) is 5.14. The molecule has 1 atom stereocenters. The average Bonchev–Trinajstić information content (AvgIpc) is 2.22. The molecular weight excluding hydrogens is 214 g/mol. The lowest BCUT2D eigenvalue weighted by Gasteiger charge is -2.11. The Bertz CT molecular complexity index is 366. The maximum atomic E-state index is 11.1. The summed E-state index contributed by atoms with van der Waals surface area (Å²) < 4.78 is 4.56. The first-order valence-electron chi connectivity index (χ1n) is 4.63. The number of carbonyl (C=O) groups is 1. The summed E-state index contributed by atoms with van der Waals surface area (Å²) in [4.78, 5) is 11.1. The van der Waals surface area contributed by atoms with Crippen LogP contribution < -0.4 is 5.73 Å². The lowest BCUT2D eigenvalue weighted by Crippen LogP contribution is -2.33. The Morgan fingerprint density at radius 1 is 1.60 bits per heavy atom. The molecule has 0 saturated heterocycles. The van der Waals surface area contributed by atoms with E-state index in [0.717, 1.165) is 11.1 Å². The Morgan fingerprint density at radius 3 is 2.87 bits per heavy atom. The van der Waals surface area contributed by atoms with Crippen LogP contribution in [0.2, 0.25) is 5.02 Å². The second-order valence-corrected chi connectivity index (χ2v) is 3.84. The van der Waals surface area contributed by atoms with Crippen molar-refractivity contribution in [2.75, 3.05) is 7.11 Å². The Morgan fingerprint density at radius 2 is 2.27 bits per heavy atom. The van der Waals surface area contributed by atoms with Crippen LogP contribution >= 0.6 is 11.6 Å². The molecule has 2 N–H and O–H groups in total. The first-order valence-corrected chi connectivity index (χ1v) is 5.01. The third-order valence-corrected chi connectivity index (χ3v) is 2.49. The number of esters is 1. The van der Waals surface area contributed by atoms with Crippen LogP contribution in [0.4, 0.5) is 0 Å². The van der Waals surface area contributed by atoms with Crippen molar-refractivity contribution < 1.29 is 9.53 Å². The zero-order valence-electron chi connectivity index (χ0n) is 8.79. The van der Waals surface area contributed by atoms with E-state index in [1.807, 2.05) is 25.1 Å². The molecule has 3 nitrogen and oxygen atoms in total. The highest BCUT2D eigenvalue weighted by molar-refractivity contribution is 6.30. The van der Waals surface area contributed by atoms with Crippen molar-refractivity contribution in [2.45, 2.75) is 19.4 Å². The quantitative estimate of drug-likeness (QED) is 0.800. The predicted molar refractivity (Wildman–Crippen MR) is 59.9 cm³/mol. The van der Waals surface area contributed by atoms with Crippen LogP contribution in [0, 0.1) is 6.92 Å². The van der Waals surface area contributed by atoms with Gasteiger partial charge in [-0.05, 0) is 36.6 Å². The highest BCUT2D eigenvalue weighted by Crippen LogP contribution is 2.16. The molecular formula is C11H14ClNO2. The van der Waals surface area contributed by atoms with Gasteiger partial charge in [-0.25, -0.2) is 0 Å². The standard InChI is InChI=1S/C11H14ClNO2/c1-7-3-4-9(12)5-8(7)6-10(13)11(14)15-2/h3-5,10H,6,13H2,1-2H3/t10-/m1/s1. The maximum absolute atomic E-state index is 11.1. The van der Waals surface area contributed by atoms with Crippen molar-refractivity contribution in [1.82, 2.24) is 0 Å². The number of carbonyl (C=O) groups excluding carboxylic acids is 1. The second-order valence-electron chi connectivity index (χ2n) is 3.40. The molecule has 0 aliphatic carbocycles. The highest BCUT2D eigenvalue weighted by Gasteiger charge is 2.15. The lowest BCUT2D eigenvalue weighted by atomic mass is 10.0. The Labute approximate surface area is 94.2 Å². The molecule has 0 aliphatic heterocycles. The van der Waals surface area contributed by atoms with Gasteiger partial charge >= 0.3 is 5.97 Å². The van der Waals surface area contributed by atoms with Gasteiger partial charge in [-0.3, -0.25) is 4.79 Å². The molecule has 0 aromatic heterocycles. The number of benzene rings is 1. The van der Waals surface area contributed by atoms with E-state index in [2.05, 4.69) is 4.74 Å². The Kier molecular flexibility index (Phi) is 4.12. The maximum Gasteiger partial charge on any atom is 0.322 e. The number of aryl methyl sites for hydroxylation is 1. The molecule has 1 rings (SSSR count). The third-order valence-electron chi connectivity index (χ3n) is 2.25. The zero-order chi connectivity index (χ0) is 11.4. The molecule has 0 fully saturated rings. The number of halogens is 1. The van der Waals surface area contributed by atoms with Gasteiger partial charge in [0.1, 0.15) is 6.04 Å². The molecule has 0 bridgehead atoms. The molecule has 4 heteroatoms. The smallest absolute Gasteiger partial charge is 0.322 e. The van der Waals surface area contributed by atoms with Crippen LogP contribution in [-0.2, 0) is 16.0 Å². The molecule has 0 unspecified atom stereocenters. The van der Waals surface area contributed by atoms with E-state index in [0.29, 0.717) is 11.4 Å². The minimum atomic E-state index is -0.632. The molecule has 1 aromatic rings. The van der Waals surface area contributed by atoms with Crippen molar-refractivity contribution in [3.05, 3.63) is 34.3 Å². The summed E-state index contributed by atoms with van der Waals surface area (Å²) in [6.07, 6.45) is 0.444. The van der Waals surface area contributed by atoms with E-state index in [-0.39, 0.29) is 0 Å². The van der Waals surface area contributed by atoms with Gasteiger partial charge in [-0.1, -0.05) is 17.7 Å². The Balaban J connectivity index is 2.80. The summed E-state index contributed by atoms with van der Waals surface area (Å²) in [6, 6.07) is 4.90. The van der Waals surface area contributed by atoms with Crippen LogP contribution in [0.1, 0.15) is 11.1 Å². The molecule has 0 spiro atoms. The summed E-state index contributed by atoms with van der Waals surface area (Å²) in [5.41, 5.74) is 7.70. The van der Waals surface area contributed by atoms with E-state index in [9.17, 15) is 4.79 Å². The molecule has 0 radical (unpaired) electrons. The van der Waals surface area contributed by atoms with Crippen LogP contribution in [0.3, 0.4) is 0 Å². The molecule has 15 heavy (non-hydrogen) atoms. The van der Waals surface area contributed by atoms with Crippen molar-refractivity contribution in [3.8, 4) is 0 Å². The van der Waals surface area contributed by atoms with E-state index in [1.54, 1.807) is 0 Å². The normalized spacial score (nSPS) is 12.3. The first-order chi connectivity index (χ1) is 7.04. The fourth-order valence-electron chi connectivity index (χ4n) is 1.33. The van der Waals surface area contributed by atoms with Gasteiger partial charge < -0.3 is 10.5 Å². The summed E-state index contributed by atoms with van der Waals surface area (Å²) in [6.45, 7) is 1.95. The summed E-state index contributed by atoms with van der Waals surface area (Å²) in [7, 11) is 1.33. The van der Waals surface area contributed by atoms with Gasteiger partial charge in [-0.2, -0.15) is 0 Å². The number of ether oxygens (including phenoxy) is 1. The van der Waals surface area contributed by atoms with Gasteiger partial charge in [0.2, 0.25) is 0 Å². The van der Waals surface area contributed by atoms with Crippen molar-refractivity contribution in [1.29, 1.82) is 0 Å². The van der Waals surface area contributed by atoms with E-state index < -0.39 is 12.0 Å². The van der Waals surface area contributed by atoms with Crippen LogP contribution in [-0.4, -0.2) is 19.1 Å². The number of rotatable bonds is 3. The van der Waals surface area contributed by atoms with Gasteiger partial charge in [-0.15, -0.1) is 0 Å². The minimum absolute atomic E-state index is 0.408. The van der Waals surface area contributed by atoms with Crippen LogP contribution in [0.25, 0.3) is 0 Å². The van der Waals surface area contributed by atoms with Gasteiger partial charge in [0.15, 0.2) is 0 Å². The van der Waals surface area contributed by atoms with Crippen molar-refractivity contribution in [3.63, 3.8) is 0 Å². The largest absolute Gasteiger partial charge is 0.468 e. The van der Waals surface area contributed by atoms with Crippen LogP contribution in [0.15, 0.2) is 18.2 Å². The fraction of sp³-hybridized carbons (Fsp3) is 0.364. The highest BCUT2D eigenvalue weighted by atomic mass is 35.5. The van der Waals surface area contributed by atoms with Gasteiger partial charge in [0.25, 0.3) is 0 Å². The molecule has 0 amide bonds. The number of hydrogen-bond acceptors (Lipinski definition) is 3. The van der Waals surface area contributed by atoms with E-state index >= 15 is 0 Å². The summed E-state index contributed by atoms with van der Waals surface area (Å²) in [5, 5.41) is 0.646. The number of nitrogens with two attached hydrogens (primary N) is 1. The lowest BCUT2D eigenvalue weighted by molar-refractivity contribution is -0.142. The topological polar surface area (TPSA) is 52.3 Å². The Hall–Kier alpha value is -1.06. The predicted octanol–water partition coefficient (Wildman–Crippen LogP) is 1.69. The third kappa shape index (κ3) is 3.22. The number of methoxy groups -OCH3 is 1. The molecule has 82 valence electrons. The molecule has 0 aliphatic rings. The minimum Gasteiger partial charge on any atom is -0.468 e. The molecule has 0 heterocycles. The molecule has 0 saturated carbocycles. The monoisotopic (exact) mass is 227 g/mol. The SMILES string of the molecule is COC(=O)[C@H](N)Cc1cc(Cl)ccc1C. The summed E-state index contributed by atoms with van der Waals surface area (Å²) >= 11 is 5.86. The zero-order valence-corrected chi connectivity index (χ0v) is 9.54. The van der Waals surface area contributed by atoms with Gasteiger partial charge in [0, 0.05) is 5.02 Å².